The second-order valence-corrected chi connectivity index (χ2v) is 13.6. The molecule has 8 aromatic carbocycles. The van der Waals surface area contributed by atoms with Crippen LogP contribution in [0, 0.1) is 0 Å². The minimum atomic E-state index is 1.12. The molecule has 9 aromatic rings. The predicted octanol–water partition coefficient (Wildman–Crippen LogP) is 14.2. The molecule has 1 nitrogen and oxygen atoms in total. The highest BCUT2D eigenvalue weighted by Crippen LogP contribution is 2.47. The van der Waals surface area contributed by atoms with Gasteiger partial charge < -0.3 is 4.90 Å². The Morgan fingerprint density at radius 1 is 0.300 bits per heavy atom. The summed E-state index contributed by atoms with van der Waals surface area (Å²) in [6.45, 7) is 0. The van der Waals surface area contributed by atoms with Crippen molar-refractivity contribution in [2.75, 3.05) is 4.90 Å². The second-order valence-electron chi connectivity index (χ2n) is 12.6. The van der Waals surface area contributed by atoms with Gasteiger partial charge in [-0.2, -0.15) is 0 Å². The maximum Gasteiger partial charge on any atom is 0.0646 e. The van der Waals surface area contributed by atoms with Crippen LogP contribution in [0.2, 0.25) is 0 Å². The van der Waals surface area contributed by atoms with Crippen molar-refractivity contribution in [1.82, 2.24) is 0 Å². The number of hydrogen-bond donors (Lipinski definition) is 0. The van der Waals surface area contributed by atoms with E-state index in [4.69, 9.17) is 0 Å². The molecule has 0 unspecified atom stereocenters. The van der Waals surface area contributed by atoms with Crippen molar-refractivity contribution < 1.29 is 0 Å². The molecule has 1 heterocycles. The lowest BCUT2D eigenvalue weighted by Gasteiger charge is -2.27. The minimum absolute atomic E-state index is 1.12. The van der Waals surface area contributed by atoms with Crippen LogP contribution in [0.15, 0.2) is 200 Å². The Hall–Kier alpha value is -6.22. The van der Waals surface area contributed by atoms with E-state index < -0.39 is 0 Å². The highest BCUT2D eigenvalue weighted by atomic mass is 32.1. The van der Waals surface area contributed by atoms with Crippen LogP contribution >= 0.6 is 11.3 Å². The highest BCUT2D eigenvalue weighted by molar-refractivity contribution is 7.26. The average Bonchev–Trinajstić information content (AvgIpc) is 3.59. The van der Waals surface area contributed by atoms with E-state index in [9.17, 15) is 0 Å². The van der Waals surface area contributed by atoms with E-state index in [2.05, 4.69) is 205 Å². The number of benzene rings is 8. The van der Waals surface area contributed by atoms with Gasteiger partial charge in [0.05, 0.1) is 10.4 Å². The first-order valence-corrected chi connectivity index (χ1v) is 17.8. The molecule has 0 aliphatic heterocycles. The summed E-state index contributed by atoms with van der Waals surface area (Å²) in [4.78, 5) is 2.43. The third-order valence-electron chi connectivity index (χ3n) is 9.49. The number of hydrogen-bond acceptors (Lipinski definition) is 2. The Bertz CT molecular complexity index is 2530. The molecular formula is C48H33NS. The van der Waals surface area contributed by atoms with Crippen molar-refractivity contribution in [1.29, 1.82) is 0 Å². The molecule has 50 heavy (non-hydrogen) atoms. The number of thiophene rings is 1. The van der Waals surface area contributed by atoms with Crippen molar-refractivity contribution in [3.05, 3.63) is 200 Å². The van der Waals surface area contributed by atoms with Gasteiger partial charge in [-0.3, -0.25) is 0 Å². The molecule has 1 aromatic heterocycles. The topological polar surface area (TPSA) is 3.24 Å². The summed E-state index contributed by atoms with van der Waals surface area (Å²) in [5, 5.41) is 2.57. The van der Waals surface area contributed by atoms with Crippen LogP contribution < -0.4 is 4.90 Å². The summed E-state index contributed by atoms with van der Waals surface area (Å²) in [6.07, 6.45) is 0. The van der Waals surface area contributed by atoms with Crippen LogP contribution in [0.1, 0.15) is 0 Å². The van der Waals surface area contributed by atoms with E-state index in [-0.39, 0.29) is 0 Å². The average molecular weight is 656 g/mol. The van der Waals surface area contributed by atoms with Crippen LogP contribution in [0.25, 0.3) is 64.7 Å². The molecule has 0 fully saturated rings. The Balaban J connectivity index is 1.19. The zero-order chi connectivity index (χ0) is 33.3. The zero-order valence-corrected chi connectivity index (χ0v) is 28.2. The maximum absolute atomic E-state index is 2.43. The van der Waals surface area contributed by atoms with Gasteiger partial charge in [0, 0.05) is 26.8 Å². The largest absolute Gasteiger partial charge is 0.309 e. The molecule has 0 amide bonds. The number of nitrogens with zero attached hydrogens (tertiary/aromatic N) is 1. The lowest BCUT2D eigenvalue weighted by molar-refractivity contribution is 1.30. The van der Waals surface area contributed by atoms with Gasteiger partial charge in [0.25, 0.3) is 0 Å². The van der Waals surface area contributed by atoms with Gasteiger partial charge in [-0.1, -0.05) is 158 Å². The van der Waals surface area contributed by atoms with Crippen LogP contribution in [0.5, 0.6) is 0 Å². The summed E-state index contributed by atoms with van der Waals surface area (Å²) >= 11 is 1.87. The van der Waals surface area contributed by atoms with Crippen LogP contribution in [0.3, 0.4) is 0 Å². The van der Waals surface area contributed by atoms with E-state index in [0.717, 1.165) is 11.4 Å². The monoisotopic (exact) mass is 655 g/mol. The summed E-state index contributed by atoms with van der Waals surface area (Å²) in [5.41, 5.74) is 13.1. The molecule has 9 rings (SSSR count). The van der Waals surface area contributed by atoms with Gasteiger partial charge in [-0.05, 0) is 87.0 Å². The summed E-state index contributed by atoms with van der Waals surface area (Å²) in [5.74, 6) is 0. The van der Waals surface area contributed by atoms with Crippen molar-refractivity contribution >= 4 is 48.6 Å². The predicted molar refractivity (Wildman–Crippen MR) is 216 cm³/mol. The van der Waals surface area contributed by atoms with Gasteiger partial charge in [0.15, 0.2) is 0 Å². The molecule has 0 spiro atoms. The highest BCUT2D eigenvalue weighted by Gasteiger charge is 2.20. The zero-order valence-electron chi connectivity index (χ0n) is 27.4. The molecule has 0 radical (unpaired) electrons. The molecule has 236 valence electrons. The van der Waals surface area contributed by atoms with E-state index in [0.29, 0.717) is 0 Å². The van der Waals surface area contributed by atoms with Crippen molar-refractivity contribution in [3.8, 4) is 44.5 Å². The van der Waals surface area contributed by atoms with Crippen molar-refractivity contribution in [2.45, 2.75) is 0 Å². The van der Waals surface area contributed by atoms with Crippen molar-refractivity contribution in [2.24, 2.45) is 0 Å². The molecule has 0 bridgehead atoms. The maximum atomic E-state index is 2.43. The van der Waals surface area contributed by atoms with Gasteiger partial charge in [0.2, 0.25) is 0 Å². The Morgan fingerprint density at radius 3 is 1.16 bits per heavy atom. The van der Waals surface area contributed by atoms with Gasteiger partial charge >= 0.3 is 0 Å². The van der Waals surface area contributed by atoms with E-state index in [1.165, 1.54) is 70.4 Å². The quantitative estimate of drug-likeness (QED) is 0.165. The second kappa shape index (κ2) is 13.0. The summed E-state index contributed by atoms with van der Waals surface area (Å²) < 4.78 is 2.57. The van der Waals surface area contributed by atoms with Gasteiger partial charge in [-0.25, -0.2) is 0 Å². The van der Waals surface area contributed by atoms with Crippen molar-refractivity contribution in [3.63, 3.8) is 0 Å². The Labute approximate surface area is 297 Å². The normalized spacial score (nSPS) is 11.2. The SMILES string of the molecule is c1ccc(-c2ccc(-c3ccc(N(c4ccc(-c5ccccc5)cc4)c4cc(-c5ccccc5)cc5c4sc4ccccc45)cc3)cc2)cc1. The molecule has 0 aliphatic carbocycles. The van der Waals surface area contributed by atoms with E-state index >= 15 is 0 Å². The smallest absolute Gasteiger partial charge is 0.0646 e. The fourth-order valence-corrected chi connectivity index (χ4v) is 8.11. The first-order valence-electron chi connectivity index (χ1n) is 17.0. The van der Waals surface area contributed by atoms with Gasteiger partial charge in [-0.15, -0.1) is 11.3 Å². The van der Waals surface area contributed by atoms with Crippen LogP contribution in [0.4, 0.5) is 17.1 Å². The number of rotatable bonds is 7. The third kappa shape index (κ3) is 5.66. The molecule has 2 heteroatoms. The standard InChI is InChI=1S/C48H33NS/c1-4-12-34(13-5-1)37-20-22-38(23-21-37)40-26-30-43(31-27-40)49(42-28-24-39(25-29-42)35-14-6-2-7-15-35)46-33-41(36-16-8-3-9-17-36)32-45-44-18-10-11-19-47(44)50-48(45)46/h1-33H. The molecule has 0 aliphatic rings. The molecule has 0 N–H and O–H groups in total. The lowest BCUT2D eigenvalue weighted by atomic mass is 9.99. The fourth-order valence-electron chi connectivity index (χ4n) is 6.92. The summed E-state index contributed by atoms with van der Waals surface area (Å²) in [6, 6.07) is 72.3. The first-order chi connectivity index (χ1) is 24.8. The fraction of sp³-hybridized carbons (Fsp3) is 0. The summed E-state index contributed by atoms with van der Waals surface area (Å²) in [7, 11) is 0. The third-order valence-corrected chi connectivity index (χ3v) is 10.7. The van der Waals surface area contributed by atoms with Gasteiger partial charge in [0.1, 0.15) is 0 Å². The molecule has 0 saturated carbocycles. The first kappa shape index (κ1) is 29.9. The lowest BCUT2D eigenvalue weighted by Crippen LogP contribution is -2.10. The molecule has 0 atom stereocenters. The Kier molecular flexibility index (Phi) is 7.77. The van der Waals surface area contributed by atoms with E-state index in [1.54, 1.807) is 0 Å². The Morgan fingerprint density at radius 2 is 0.680 bits per heavy atom. The molecule has 0 saturated heterocycles. The van der Waals surface area contributed by atoms with Crippen LogP contribution in [-0.2, 0) is 0 Å². The van der Waals surface area contributed by atoms with Crippen LogP contribution in [-0.4, -0.2) is 0 Å². The van der Waals surface area contributed by atoms with E-state index in [1.807, 2.05) is 11.3 Å². The molecular weight excluding hydrogens is 623 g/mol. The number of anilines is 3. The minimum Gasteiger partial charge on any atom is -0.309 e. The number of fused-ring (bicyclic) bond motifs is 3.